The van der Waals surface area contributed by atoms with Crippen molar-refractivity contribution in [3.63, 3.8) is 0 Å². The highest BCUT2D eigenvalue weighted by Gasteiger charge is 2.49. The van der Waals surface area contributed by atoms with Crippen molar-refractivity contribution in [3.05, 3.63) is 77.9 Å². The number of amidine groups is 1. The lowest BCUT2D eigenvalue weighted by Gasteiger charge is -2.23. The zero-order valence-corrected chi connectivity index (χ0v) is 22.7. The monoisotopic (exact) mass is 518 g/mol. The van der Waals surface area contributed by atoms with Crippen molar-refractivity contribution in [1.29, 1.82) is 0 Å². The molecular weight excluding hydrogens is 484 g/mol. The zero-order valence-electron chi connectivity index (χ0n) is 22.7. The molecule has 2 heterocycles. The average molecular weight is 519 g/mol. The summed E-state index contributed by atoms with van der Waals surface area (Å²) in [5, 5.41) is 14.8. The second-order valence-corrected chi connectivity index (χ2v) is 10.8. The van der Waals surface area contributed by atoms with Crippen LogP contribution in [0.1, 0.15) is 63.0 Å². The average Bonchev–Trinajstić information content (AvgIpc) is 3.72. The fourth-order valence-electron chi connectivity index (χ4n) is 5.85. The maximum absolute atomic E-state index is 13.6. The first-order valence-electron chi connectivity index (χ1n) is 14.0. The molecule has 0 radical (unpaired) electrons. The molecular formula is C32H34N6O. The van der Waals surface area contributed by atoms with Crippen LogP contribution in [0.4, 0.5) is 0 Å². The molecule has 1 saturated carbocycles. The largest absolute Gasteiger partial charge is 0.294 e. The number of tetrazole rings is 1. The molecule has 39 heavy (non-hydrogen) atoms. The number of nitrogens with zero attached hydrogens (tertiary/aromatic N) is 5. The van der Waals surface area contributed by atoms with Crippen molar-refractivity contribution >= 4 is 11.7 Å². The third-order valence-electron chi connectivity index (χ3n) is 8.08. The molecule has 1 amide bonds. The van der Waals surface area contributed by atoms with Crippen LogP contribution in [0.2, 0.25) is 0 Å². The quantitative estimate of drug-likeness (QED) is 0.279. The van der Waals surface area contributed by atoms with Crippen molar-refractivity contribution in [3.8, 4) is 33.6 Å². The fourth-order valence-corrected chi connectivity index (χ4v) is 5.85. The van der Waals surface area contributed by atoms with Crippen molar-refractivity contribution in [2.75, 3.05) is 0 Å². The summed E-state index contributed by atoms with van der Waals surface area (Å²) < 4.78 is 0. The highest BCUT2D eigenvalue weighted by atomic mass is 16.2. The van der Waals surface area contributed by atoms with Crippen molar-refractivity contribution in [1.82, 2.24) is 25.5 Å². The van der Waals surface area contributed by atoms with E-state index in [0.717, 1.165) is 84.2 Å². The minimum atomic E-state index is -0.501. The number of unbranched alkanes of at least 4 members (excludes halogenated alkanes) is 1. The van der Waals surface area contributed by atoms with E-state index in [1.54, 1.807) is 0 Å². The van der Waals surface area contributed by atoms with Crippen molar-refractivity contribution < 1.29 is 4.79 Å². The minimum absolute atomic E-state index is 0.195. The number of rotatable bonds is 8. The number of carbonyl (C=O) groups is 1. The summed E-state index contributed by atoms with van der Waals surface area (Å²) in [6, 6.07) is 23.4. The van der Waals surface area contributed by atoms with E-state index in [1.165, 1.54) is 5.56 Å². The molecule has 4 aromatic rings. The molecule has 1 spiro atoms. The third-order valence-corrected chi connectivity index (χ3v) is 8.08. The maximum Gasteiger partial charge on any atom is 0.256 e. The van der Waals surface area contributed by atoms with Crippen LogP contribution in [0.15, 0.2) is 71.7 Å². The molecule has 1 fully saturated rings. The Balaban J connectivity index is 1.30. The van der Waals surface area contributed by atoms with Gasteiger partial charge in [0.1, 0.15) is 11.4 Å². The van der Waals surface area contributed by atoms with E-state index in [1.807, 2.05) is 4.90 Å². The van der Waals surface area contributed by atoms with Gasteiger partial charge in [0.2, 0.25) is 5.82 Å². The molecule has 0 bridgehead atoms. The SMILES string of the molecule is CCCCC1=NC2(CCCC2)C(=O)N1Cc1ccc(-c2cc(-c3ccc(C)cc3)ccc2-c2nn[nH]n2)cc1. The Bertz CT molecular complexity index is 1480. The Hall–Kier alpha value is -4.13. The van der Waals surface area contributed by atoms with E-state index in [4.69, 9.17) is 4.99 Å². The molecule has 7 nitrogen and oxygen atoms in total. The van der Waals surface area contributed by atoms with Crippen LogP contribution < -0.4 is 0 Å². The first-order valence-corrected chi connectivity index (χ1v) is 14.0. The van der Waals surface area contributed by atoms with Crippen molar-refractivity contribution in [2.24, 2.45) is 4.99 Å². The van der Waals surface area contributed by atoms with Gasteiger partial charge in [-0.3, -0.25) is 14.7 Å². The standard InChI is InChI=1S/C32H34N6O/c1-3-4-7-29-33-32(18-5-6-19-32)31(39)38(29)21-23-10-14-25(15-11-23)28-20-26(24-12-8-22(2)9-13-24)16-17-27(28)30-34-36-37-35-30/h8-17,20H,3-7,18-19,21H2,1-2H3,(H,34,35,36,37). The summed E-state index contributed by atoms with van der Waals surface area (Å²) in [5.41, 5.74) is 7.13. The van der Waals surface area contributed by atoms with Crippen LogP contribution in [0.3, 0.4) is 0 Å². The molecule has 0 atom stereocenters. The highest BCUT2D eigenvalue weighted by Crippen LogP contribution is 2.40. The normalized spacial score (nSPS) is 16.3. The van der Waals surface area contributed by atoms with E-state index in [0.29, 0.717) is 12.4 Å². The number of benzene rings is 3. The number of amides is 1. The Morgan fingerprint density at radius 1 is 0.897 bits per heavy atom. The number of carbonyl (C=O) groups excluding carboxylic acids is 1. The molecule has 1 aliphatic heterocycles. The van der Waals surface area contributed by atoms with Crippen LogP contribution in [-0.4, -0.2) is 42.8 Å². The summed E-state index contributed by atoms with van der Waals surface area (Å²) >= 11 is 0. The molecule has 1 aromatic heterocycles. The molecule has 198 valence electrons. The smallest absolute Gasteiger partial charge is 0.256 e. The predicted octanol–water partition coefficient (Wildman–Crippen LogP) is 6.75. The summed E-state index contributed by atoms with van der Waals surface area (Å²) in [6.45, 7) is 4.84. The topological polar surface area (TPSA) is 87.1 Å². The second-order valence-electron chi connectivity index (χ2n) is 10.8. The molecule has 3 aromatic carbocycles. The van der Waals surface area contributed by atoms with Gasteiger partial charge in [-0.05, 0) is 71.3 Å². The number of H-pyrrole nitrogens is 1. The van der Waals surface area contributed by atoms with Gasteiger partial charge >= 0.3 is 0 Å². The van der Waals surface area contributed by atoms with Gasteiger partial charge in [0.15, 0.2) is 0 Å². The predicted molar refractivity (Wildman–Crippen MR) is 154 cm³/mol. The molecule has 0 unspecified atom stereocenters. The van der Waals surface area contributed by atoms with Gasteiger partial charge in [0.05, 0.1) is 6.54 Å². The minimum Gasteiger partial charge on any atom is -0.294 e. The Labute approximate surface area is 229 Å². The van der Waals surface area contributed by atoms with Crippen LogP contribution in [0.5, 0.6) is 0 Å². The van der Waals surface area contributed by atoms with E-state index in [2.05, 4.69) is 101 Å². The zero-order chi connectivity index (χ0) is 26.8. The van der Waals surface area contributed by atoms with Gasteiger partial charge in [-0.15, -0.1) is 10.2 Å². The number of nitrogens with one attached hydrogen (secondary N) is 1. The lowest BCUT2D eigenvalue weighted by Crippen LogP contribution is -2.40. The van der Waals surface area contributed by atoms with Gasteiger partial charge in [-0.2, -0.15) is 5.21 Å². The van der Waals surface area contributed by atoms with Crippen LogP contribution >= 0.6 is 0 Å². The van der Waals surface area contributed by atoms with Gasteiger partial charge in [0.25, 0.3) is 5.91 Å². The van der Waals surface area contributed by atoms with Gasteiger partial charge in [-0.1, -0.05) is 86.3 Å². The molecule has 7 heteroatoms. The Morgan fingerprint density at radius 3 is 2.31 bits per heavy atom. The van der Waals surface area contributed by atoms with Gasteiger partial charge in [-0.25, -0.2) is 0 Å². The van der Waals surface area contributed by atoms with E-state index >= 15 is 0 Å². The van der Waals surface area contributed by atoms with Crippen molar-refractivity contribution in [2.45, 2.75) is 70.9 Å². The first kappa shape index (κ1) is 25.2. The molecule has 1 aliphatic carbocycles. The number of aryl methyl sites for hydroxylation is 1. The number of hydrogen-bond donors (Lipinski definition) is 1. The van der Waals surface area contributed by atoms with E-state index < -0.39 is 5.54 Å². The third kappa shape index (κ3) is 4.89. The van der Waals surface area contributed by atoms with E-state index in [-0.39, 0.29) is 5.91 Å². The molecule has 1 N–H and O–H groups in total. The number of aliphatic imine (C=N–C) groups is 1. The summed E-state index contributed by atoms with van der Waals surface area (Å²) in [7, 11) is 0. The lowest BCUT2D eigenvalue weighted by molar-refractivity contribution is -0.131. The molecule has 6 rings (SSSR count). The molecule has 0 saturated heterocycles. The van der Waals surface area contributed by atoms with Crippen LogP contribution in [-0.2, 0) is 11.3 Å². The lowest BCUT2D eigenvalue weighted by atomic mass is 9.93. The summed E-state index contributed by atoms with van der Waals surface area (Å²) in [4.78, 5) is 20.5. The van der Waals surface area contributed by atoms with E-state index in [9.17, 15) is 4.79 Å². The maximum atomic E-state index is 13.6. The number of aromatic nitrogens is 4. The number of hydrogen-bond acceptors (Lipinski definition) is 5. The highest BCUT2D eigenvalue weighted by molar-refractivity contribution is 6.08. The summed E-state index contributed by atoms with van der Waals surface area (Å²) in [5.74, 6) is 1.73. The van der Waals surface area contributed by atoms with Crippen LogP contribution in [0, 0.1) is 6.92 Å². The van der Waals surface area contributed by atoms with Gasteiger partial charge < -0.3 is 0 Å². The number of aromatic amines is 1. The Kier molecular flexibility index (Phi) is 6.81. The summed E-state index contributed by atoms with van der Waals surface area (Å²) in [6.07, 6.45) is 6.94. The van der Waals surface area contributed by atoms with Crippen LogP contribution in [0.25, 0.3) is 33.6 Å². The Morgan fingerprint density at radius 2 is 1.62 bits per heavy atom. The first-order chi connectivity index (χ1) is 19.1. The fraction of sp³-hybridized carbons (Fsp3) is 0.344. The van der Waals surface area contributed by atoms with Gasteiger partial charge in [0, 0.05) is 12.0 Å². The molecule has 2 aliphatic rings. The second kappa shape index (κ2) is 10.6.